The number of nitrogens with zero attached hydrogens (tertiary/aromatic N) is 1. The Hall–Kier alpha value is -0.906. The first-order chi connectivity index (χ1) is 9.55. The van der Waals surface area contributed by atoms with Crippen LogP contribution in [-0.4, -0.2) is 28.7 Å². The van der Waals surface area contributed by atoms with Crippen LogP contribution in [0.15, 0.2) is 54.6 Å². The molecule has 106 valence electrons. The fourth-order valence-corrected chi connectivity index (χ4v) is 13.1. The Labute approximate surface area is 126 Å². The van der Waals surface area contributed by atoms with Gasteiger partial charge in [0.2, 0.25) is 0 Å². The Kier molecular flexibility index (Phi) is 3.61. The molecule has 0 saturated carbocycles. The van der Waals surface area contributed by atoms with Crippen molar-refractivity contribution in [2.24, 2.45) is 0 Å². The monoisotopic (exact) mass is 299 g/mol. The number of rotatable bonds is 3. The van der Waals surface area contributed by atoms with E-state index in [2.05, 4.69) is 79.3 Å². The second kappa shape index (κ2) is 5.13. The minimum absolute atomic E-state index is 0.243. The Bertz CT molecular complexity index is 539. The summed E-state index contributed by atoms with van der Waals surface area (Å²) in [5, 5.41) is 2.09. The maximum Gasteiger partial charge on any atom is 0.154 e. The van der Waals surface area contributed by atoms with Crippen LogP contribution in [0.2, 0.25) is 17.1 Å². The topological polar surface area (TPSA) is 3.24 Å². The molecule has 1 heterocycles. The molecule has 1 aliphatic heterocycles. The first-order valence-corrected chi connectivity index (χ1v) is 11.6. The normalized spacial score (nSPS) is 37.5. The van der Waals surface area contributed by atoms with Crippen LogP contribution < -0.4 is 5.19 Å². The van der Waals surface area contributed by atoms with Crippen LogP contribution in [0.3, 0.4) is 0 Å². The van der Waals surface area contributed by atoms with E-state index in [0.29, 0.717) is 5.04 Å². The molecule has 1 aromatic rings. The van der Waals surface area contributed by atoms with Crippen LogP contribution in [0.5, 0.6) is 0 Å². The van der Waals surface area contributed by atoms with E-state index in [1.54, 1.807) is 5.19 Å². The molecule has 1 saturated heterocycles. The summed E-state index contributed by atoms with van der Waals surface area (Å²) in [4.78, 5) is 0. The van der Waals surface area contributed by atoms with Crippen LogP contribution in [0.1, 0.15) is 20.3 Å². The highest BCUT2D eigenvalue weighted by Gasteiger charge is 2.51. The van der Waals surface area contributed by atoms with Gasteiger partial charge in [-0.25, -0.2) is 0 Å². The molecule has 3 atom stereocenters. The average molecular weight is 300 g/mol. The SMILES string of the molecule is CC1CN([SiH2]C2(C)C=CC=CC2)[Si]1(C)c1ccccc1. The Morgan fingerprint density at radius 1 is 1.25 bits per heavy atom. The van der Waals surface area contributed by atoms with Gasteiger partial charge < -0.3 is 4.23 Å². The van der Waals surface area contributed by atoms with E-state index in [-0.39, 0.29) is 9.68 Å². The van der Waals surface area contributed by atoms with E-state index < -0.39 is 8.24 Å². The van der Waals surface area contributed by atoms with Gasteiger partial charge in [-0.05, 0) is 28.7 Å². The van der Waals surface area contributed by atoms with Crippen molar-refractivity contribution < 1.29 is 0 Å². The summed E-state index contributed by atoms with van der Waals surface area (Å²) in [5.74, 6) is 0. The zero-order chi connectivity index (χ0) is 14.2. The van der Waals surface area contributed by atoms with Crippen molar-refractivity contribution in [3.8, 4) is 0 Å². The molecule has 1 nitrogen and oxygen atoms in total. The quantitative estimate of drug-likeness (QED) is 0.776. The van der Waals surface area contributed by atoms with Crippen molar-refractivity contribution in [1.82, 2.24) is 4.23 Å². The lowest BCUT2D eigenvalue weighted by Crippen LogP contribution is -2.74. The molecule has 0 amide bonds. The van der Waals surface area contributed by atoms with E-state index in [0.717, 1.165) is 5.54 Å². The lowest BCUT2D eigenvalue weighted by Gasteiger charge is -2.57. The summed E-state index contributed by atoms with van der Waals surface area (Å²) in [5.41, 5.74) is 0.893. The van der Waals surface area contributed by atoms with Gasteiger partial charge >= 0.3 is 0 Å². The molecule has 0 radical (unpaired) electrons. The molecule has 0 aromatic heterocycles. The van der Waals surface area contributed by atoms with Crippen molar-refractivity contribution in [3.63, 3.8) is 0 Å². The van der Waals surface area contributed by atoms with Gasteiger partial charge in [0.15, 0.2) is 8.24 Å². The Balaban J connectivity index is 1.81. The van der Waals surface area contributed by atoms with Gasteiger partial charge in [0.05, 0.1) is 9.68 Å². The van der Waals surface area contributed by atoms with Crippen LogP contribution >= 0.6 is 0 Å². The van der Waals surface area contributed by atoms with Crippen molar-refractivity contribution in [2.45, 2.75) is 37.4 Å². The molecule has 3 rings (SSSR count). The van der Waals surface area contributed by atoms with Gasteiger partial charge in [-0.15, -0.1) is 0 Å². The molecule has 3 heteroatoms. The van der Waals surface area contributed by atoms with Crippen LogP contribution in [0.25, 0.3) is 0 Å². The third kappa shape index (κ3) is 2.28. The van der Waals surface area contributed by atoms with Gasteiger partial charge in [0.25, 0.3) is 0 Å². The zero-order valence-electron chi connectivity index (χ0n) is 12.8. The van der Waals surface area contributed by atoms with Crippen LogP contribution in [0, 0.1) is 0 Å². The van der Waals surface area contributed by atoms with Crippen molar-refractivity contribution in [3.05, 3.63) is 54.6 Å². The fraction of sp³-hybridized carbons (Fsp3) is 0.412. The van der Waals surface area contributed by atoms with E-state index in [1.165, 1.54) is 13.0 Å². The largest absolute Gasteiger partial charge is 0.346 e. The van der Waals surface area contributed by atoms with Crippen molar-refractivity contribution >= 4 is 23.1 Å². The van der Waals surface area contributed by atoms with Gasteiger partial charge in [0, 0.05) is 0 Å². The molecule has 3 unspecified atom stereocenters. The van der Waals surface area contributed by atoms with E-state index in [9.17, 15) is 0 Å². The van der Waals surface area contributed by atoms with Crippen LogP contribution in [0.4, 0.5) is 0 Å². The molecule has 0 N–H and O–H groups in total. The first-order valence-electron chi connectivity index (χ1n) is 7.70. The summed E-state index contributed by atoms with van der Waals surface area (Å²) in [6.45, 7) is 8.83. The lowest BCUT2D eigenvalue weighted by molar-refractivity contribution is 0.493. The summed E-state index contributed by atoms with van der Waals surface area (Å²) in [6, 6.07) is 11.3. The summed E-state index contributed by atoms with van der Waals surface area (Å²) in [7, 11) is -1.64. The van der Waals surface area contributed by atoms with Gasteiger partial charge in [-0.2, -0.15) is 0 Å². The second-order valence-electron chi connectivity index (χ2n) is 6.94. The highest BCUT2D eigenvalue weighted by atomic mass is 28.4. The van der Waals surface area contributed by atoms with Crippen LogP contribution in [-0.2, 0) is 0 Å². The summed E-state index contributed by atoms with van der Waals surface area (Å²) >= 11 is 0. The van der Waals surface area contributed by atoms with Crippen molar-refractivity contribution in [2.75, 3.05) is 6.54 Å². The number of allylic oxidation sites excluding steroid dienone is 4. The van der Waals surface area contributed by atoms with Gasteiger partial charge in [-0.1, -0.05) is 75.0 Å². The molecule has 1 fully saturated rings. The maximum atomic E-state index is 2.94. The van der Waals surface area contributed by atoms with E-state index in [4.69, 9.17) is 0 Å². The predicted octanol–water partition coefficient (Wildman–Crippen LogP) is 2.95. The van der Waals surface area contributed by atoms with Gasteiger partial charge in [-0.3, -0.25) is 0 Å². The molecule has 1 aliphatic carbocycles. The summed E-state index contributed by atoms with van der Waals surface area (Å²) < 4.78 is 2.94. The molecule has 0 spiro atoms. The summed E-state index contributed by atoms with van der Waals surface area (Å²) in [6.07, 6.45) is 10.5. The standard InChI is InChI=1S/C17H25NSi2/c1-15-14-18(19-17(2)12-8-5-9-13-17)20(15,3)16-10-6-4-7-11-16/h4-12,15H,13-14,19H2,1-3H3. The molecule has 2 aliphatic rings. The molecular weight excluding hydrogens is 274 g/mol. The van der Waals surface area contributed by atoms with Gasteiger partial charge in [0.1, 0.15) is 0 Å². The molecule has 20 heavy (non-hydrogen) atoms. The number of benzene rings is 1. The lowest BCUT2D eigenvalue weighted by atomic mass is 10.0. The van der Waals surface area contributed by atoms with Crippen molar-refractivity contribution in [1.29, 1.82) is 0 Å². The number of hydrogen-bond acceptors (Lipinski definition) is 1. The molecule has 0 bridgehead atoms. The Morgan fingerprint density at radius 3 is 2.60 bits per heavy atom. The predicted molar refractivity (Wildman–Crippen MR) is 93.6 cm³/mol. The average Bonchev–Trinajstić information content (AvgIpc) is 2.47. The minimum atomic E-state index is -1.40. The highest BCUT2D eigenvalue weighted by molar-refractivity contribution is 6.95. The third-order valence-electron chi connectivity index (χ3n) is 5.35. The number of hydrogen-bond donors (Lipinski definition) is 0. The van der Waals surface area contributed by atoms with E-state index in [1.807, 2.05) is 0 Å². The third-order valence-corrected chi connectivity index (χ3v) is 14.8. The zero-order valence-corrected chi connectivity index (χ0v) is 15.3. The molecule has 1 aromatic carbocycles. The maximum absolute atomic E-state index is 2.94. The smallest absolute Gasteiger partial charge is 0.154 e. The minimum Gasteiger partial charge on any atom is -0.346 e. The first kappa shape index (κ1) is 14.0. The second-order valence-corrected chi connectivity index (χ2v) is 14.8. The Morgan fingerprint density at radius 2 is 2.00 bits per heavy atom. The fourth-order valence-electron chi connectivity index (χ4n) is 3.69. The molecular formula is C17H25NSi2. The van der Waals surface area contributed by atoms with E-state index >= 15 is 0 Å². The highest BCUT2D eigenvalue weighted by Crippen LogP contribution is 2.42.